The van der Waals surface area contributed by atoms with Crippen LogP contribution >= 0.6 is 56.7 Å². The molecular formula is C33H22N8O2S5. The van der Waals surface area contributed by atoms with Crippen LogP contribution in [0.25, 0.3) is 60.4 Å². The second kappa shape index (κ2) is 12.6. The highest BCUT2D eigenvalue weighted by atomic mass is 32.1. The summed E-state index contributed by atoms with van der Waals surface area (Å²) in [5.41, 5.74) is 4.24. The smallest absolute Gasteiger partial charge is 0.219 e. The monoisotopic (exact) mass is 722 g/mol. The zero-order valence-corrected chi connectivity index (χ0v) is 29.9. The molecule has 7 aromatic heterocycles. The molecule has 10 nitrogen and oxygen atoms in total. The number of ether oxygens (including phenoxy) is 2. The fourth-order valence-corrected chi connectivity index (χ4v) is 11.7. The zero-order valence-electron chi connectivity index (χ0n) is 25.9. The lowest BCUT2D eigenvalue weighted by atomic mass is 10.3. The summed E-state index contributed by atoms with van der Waals surface area (Å²) in [4.78, 5) is 12.4. The van der Waals surface area contributed by atoms with Gasteiger partial charge in [-0.25, -0.2) is 9.98 Å². The molecule has 0 radical (unpaired) electrons. The molecule has 0 aromatic carbocycles. The topological polar surface area (TPSA) is 148 Å². The number of fused-ring (bicyclic) bond motifs is 7. The average molecular weight is 723 g/mol. The molecular weight excluding hydrogens is 701 g/mol. The molecule has 0 spiro atoms. The molecule has 0 amide bonds. The Morgan fingerprint density at radius 3 is 1.52 bits per heavy atom. The Hall–Kier alpha value is -5.00. The maximum Gasteiger partial charge on any atom is 0.219 e. The van der Waals surface area contributed by atoms with Crippen molar-refractivity contribution in [2.24, 2.45) is 24.1 Å². The van der Waals surface area contributed by atoms with Gasteiger partial charge in [0.25, 0.3) is 0 Å². The Balaban J connectivity index is 1.36. The third-order valence-electron chi connectivity index (χ3n) is 7.54. The van der Waals surface area contributed by atoms with E-state index in [4.69, 9.17) is 9.47 Å². The number of aliphatic imine (C=N–C) groups is 2. The first kappa shape index (κ1) is 31.6. The van der Waals surface area contributed by atoms with Gasteiger partial charge in [0.1, 0.15) is 45.8 Å². The van der Waals surface area contributed by atoms with Crippen molar-refractivity contribution in [2.75, 3.05) is 13.2 Å². The van der Waals surface area contributed by atoms with Gasteiger partial charge >= 0.3 is 0 Å². The predicted octanol–water partition coefficient (Wildman–Crippen LogP) is 10.0. The molecule has 0 atom stereocenters. The summed E-state index contributed by atoms with van der Waals surface area (Å²) in [6, 6.07) is 15.3. The first-order valence-corrected chi connectivity index (χ1v) is 18.7. The van der Waals surface area contributed by atoms with Crippen LogP contribution in [-0.4, -0.2) is 33.8 Å². The van der Waals surface area contributed by atoms with Gasteiger partial charge in [0.2, 0.25) is 11.4 Å². The van der Waals surface area contributed by atoms with E-state index in [0.29, 0.717) is 34.7 Å². The number of nitriles is 4. The Kier molecular flexibility index (Phi) is 8.26. The molecule has 0 bridgehead atoms. The van der Waals surface area contributed by atoms with Gasteiger partial charge in [0, 0.05) is 26.2 Å². The molecule has 48 heavy (non-hydrogen) atoms. The summed E-state index contributed by atoms with van der Waals surface area (Å²) >= 11 is 8.01. The second-order valence-electron chi connectivity index (χ2n) is 10.4. The number of nitrogens with zero attached hydrogens (tertiary/aromatic N) is 8. The van der Waals surface area contributed by atoms with E-state index in [1.54, 1.807) is 46.1 Å². The fraction of sp³-hybridized carbons (Fsp3) is 0.212. The van der Waals surface area contributed by atoms with Gasteiger partial charge in [0.05, 0.1) is 73.6 Å². The van der Waals surface area contributed by atoms with E-state index in [1.165, 1.54) is 52.5 Å². The van der Waals surface area contributed by atoms with Gasteiger partial charge in [0.15, 0.2) is 0 Å². The summed E-state index contributed by atoms with van der Waals surface area (Å²) in [5, 5.41) is 38.0. The molecule has 0 unspecified atom stereocenters. The molecule has 7 rings (SSSR count). The van der Waals surface area contributed by atoms with Gasteiger partial charge in [-0.15, -0.1) is 56.7 Å². The summed E-state index contributed by atoms with van der Waals surface area (Å²) in [6.07, 6.45) is 0.848. The van der Waals surface area contributed by atoms with E-state index < -0.39 is 0 Å². The zero-order chi connectivity index (χ0) is 33.7. The van der Waals surface area contributed by atoms with E-state index in [0.717, 1.165) is 37.0 Å². The summed E-state index contributed by atoms with van der Waals surface area (Å²) in [7, 11) is 4.20. The van der Waals surface area contributed by atoms with E-state index in [2.05, 4.69) is 45.3 Å². The molecule has 0 saturated heterocycles. The molecule has 0 aliphatic heterocycles. The Labute approximate surface area is 294 Å². The van der Waals surface area contributed by atoms with Crippen molar-refractivity contribution in [2.45, 2.75) is 20.3 Å². The lowest BCUT2D eigenvalue weighted by molar-refractivity contribution is 0.320. The number of aromatic nitrogens is 2. The quantitative estimate of drug-likeness (QED) is 0.135. The highest BCUT2D eigenvalue weighted by molar-refractivity contribution is 7.36. The minimum atomic E-state index is -0.193. The van der Waals surface area contributed by atoms with Crippen molar-refractivity contribution in [1.82, 2.24) is 9.13 Å². The first-order valence-electron chi connectivity index (χ1n) is 14.6. The van der Waals surface area contributed by atoms with E-state index >= 15 is 0 Å². The normalized spacial score (nSPS) is 11.1. The van der Waals surface area contributed by atoms with Gasteiger partial charge < -0.3 is 18.6 Å². The van der Waals surface area contributed by atoms with E-state index in [9.17, 15) is 21.0 Å². The van der Waals surface area contributed by atoms with Crippen LogP contribution in [0.15, 0.2) is 34.3 Å². The van der Waals surface area contributed by atoms with Crippen LogP contribution < -0.4 is 9.47 Å². The van der Waals surface area contributed by atoms with Crippen molar-refractivity contribution < 1.29 is 9.47 Å². The third kappa shape index (κ3) is 5.05. The Bertz CT molecular complexity index is 2630. The molecule has 0 fully saturated rings. The second-order valence-corrected chi connectivity index (χ2v) is 15.6. The van der Waals surface area contributed by atoms with Gasteiger partial charge in [-0.3, -0.25) is 0 Å². The Morgan fingerprint density at radius 2 is 1.10 bits per heavy atom. The predicted molar refractivity (Wildman–Crippen MR) is 198 cm³/mol. The van der Waals surface area contributed by atoms with Crippen LogP contribution in [0, 0.1) is 45.3 Å². The number of aryl methyl sites for hydroxylation is 2. The van der Waals surface area contributed by atoms with E-state index in [-0.39, 0.29) is 11.4 Å². The molecule has 0 aliphatic carbocycles. The standard InChI is InChI=1S/C33H22N8O2S5/c1-5-7-43-21-11-25(39-17(14-36)15-37)47-31(21)23-9-19-29(45-23)33-27(41(19)4)26-32(48-33)28-18(40(26)3)8-22(44-28)30-20(42-6-2)10-24(46-30)38-16(12-34)13-35/h8-11H,5-7H2,1-4H3. The number of thiophene rings is 5. The van der Waals surface area contributed by atoms with E-state index in [1.807, 2.05) is 38.1 Å². The van der Waals surface area contributed by atoms with Crippen molar-refractivity contribution in [1.29, 1.82) is 21.0 Å². The fourth-order valence-electron chi connectivity index (χ4n) is 5.53. The van der Waals surface area contributed by atoms with Crippen LogP contribution in [-0.2, 0) is 14.1 Å². The minimum absolute atomic E-state index is 0.189. The maximum atomic E-state index is 9.23. The number of rotatable bonds is 9. The SMILES string of the molecule is CCCOc1cc(N=C(C#N)C#N)sc1-c1cc2c(s1)c1sc3c4sc(-c5sc(N=C(C#N)C#N)cc5OCC)cc4n(C)c3c1n2C. The molecule has 0 saturated carbocycles. The highest BCUT2D eigenvalue weighted by Crippen LogP contribution is 2.54. The van der Waals surface area contributed by atoms with Crippen molar-refractivity contribution in [3.05, 3.63) is 24.3 Å². The van der Waals surface area contributed by atoms with Crippen LogP contribution in [0.3, 0.4) is 0 Å². The molecule has 0 N–H and O–H groups in total. The van der Waals surface area contributed by atoms with Crippen molar-refractivity contribution >= 4 is 119 Å². The van der Waals surface area contributed by atoms with Gasteiger partial charge in [-0.2, -0.15) is 21.0 Å². The summed E-state index contributed by atoms with van der Waals surface area (Å²) in [5.74, 6) is 1.39. The van der Waals surface area contributed by atoms with Crippen molar-refractivity contribution in [3.63, 3.8) is 0 Å². The van der Waals surface area contributed by atoms with Gasteiger partial charge in [-0.05, 0) is 25.5 Å². The molecule has 15 heteroatoms. The molecule has 7 aromatic rings. The first-order chi connectivity index (χ1) is 23.3. The molecule has 7 heterocycles. The summed E-state index contributed by atoms with van der Waals surface area (Å²) < 4.78 is 21.3. The Morgan fingerprint density at radius 1 is 0.646 bits per heavy atom. The highest BCUT2D eigenvalue weighted by Gasteiger charge is 2.26. The minimum Gasteiger partial charge on any atom is -0.492 e. The number of hydrogen-bond donors (Lipinski definition) is 0. The van der Waals surface area contributed by atoms with Crippen LogP contribution in [0.5, 0.6) is 11.5 Å². The van der Waals surface area contributed by atoms with Gasteiger partial charge in [-0.1, -0.05) is 6.92 Å². The molecule has 0 aliphatic rings. The lowest BCUT2D eigenvalue weighted by Crippen LogP contribution is -1.94. The third-order valence-corrected chi connectivity index (χ3v) is 13.7. The number of hydrogen-bond acceptors (Lipinski definition) is 13. The molecule has 236 valence electrons. The van der Waals surface area contributed by atoms with Crippen LogP contribution in [0.1, 0.15) is 20.3 Å². The largest absolute Gasteiger partial charge is 0.492 e. The maximum absolute atomic E-state index is 9.23. The lowest BCUT2D eigenvalue weighted by Gasteiger charge is -2.04. The van der Waals surface area contributed by atoms with Crippen molar-refractivity contribution in [3.8, 4) is 55.3 Å². The average Bonchev–Trinajstić information content (AvgIpc) is 3.94. The van der Waals surface area contributed by atoms with Crippen LogP contribution in [0.4, 0.5) is 10.0 Å². The summed E-state index contributed by atoms with van der Waals surface area (Å²) in [6.45, 7) is 5.00. The van der Waals surface area contributed by atoms with Crippen LogP contribution in [0.2, 0.25) is 0 Å².